The van der Waals surface area contributed by atoms with Gasteiger partial charge in [0.05, 0.1) is 6.61 Å². The highest BCUT2D eigenvalue weighted by Gasteiger charge is 2.09. The number of aliphatic hydroxyl groups is 1. The topological polar surface area (TPSA) is 23.5 Å². The lowest BCUT2D eigenvalue weighted by Crippen LogP contribution is -2.25. The van der Waals surface area contributed by atoms with Gasteiger partial charge in [0.15, 0.2) is 0 Å². The van der Waals surface area contributed by atoms with E-state index in [1.54, 1.807) is 0 Å². The number of aliphatic hydroxyl groups excluding tert-OH is 1. The molecule has 3 heteroatoms. The van der Waals surface area contributed by atoms with E-state index in [0.29, 0.717) is 0 Å². The van der Waals surface area contributed by atoms with Gasteiger partial charge in [0.1, 0.15) is 0 Å². The molecular weight excluding hydrogens is 266 g/mol. The fourth-order valence-electron chi connectivity index (χ4n) is 1.73. The minimum absolute atomic E-state index is 0.0616. The molecule has 0 heterocycles. The molecule has 0 aliphatic carbocycles. The summed E-state index contributed by atoms with van der Waals surface area (Å²) in [6, 6.07) is 6.00. The fraction of sp³-hybridized carbons (Fsp3) is 0.385. The van der Waals surface area contributed by atoms with Gasteiger partial charge >= 0.3 is 0 Å². The van der Waals surface area contributed by atoms with Crippen LogP contribution in [0.25, 0.3) is 0 Å². The first-order chi connectivity index (χ1) is 7.72. The molecule has 0 radical (unpaired) electrons. The maximum atomic E-state index is 9.35. The molecule has 16 heavy (non-hydrogen) atoms. The third-order valence-electron chi connectivity index (χ3n) is 2.40. The van der Waals surface area contributed by atoms with E-state index in [-0.39, 0.29) is 6.61 Å². The first kappa shape index (κ1) is 13.3. The van der Waals surface area contributed by atoms with Crippen LogP contribution in [0.1, 0.15) is 18.9 Å². The molecule has 0 fully saturated rings. The number of hydrogen-bond acceptors (Lipinski definition) is 2. The van der Waals surface area contributed by atoms with Gasteiger partial charge < -0.3 is 10.0 Å². The van der Waals surface area contributed by atoms with Gasteiger partial charge in [-0.1, -0.05) is 28.9 Å². The molecule has 1 aromatic rings. The summed E-state index contributed by atoms with van der Waals surface area (Å²) < 4.78 is 0.996. The summed E-state index contributed by atoms with van der Waals surface area (Å²) >= 11 is 3.41. The minimum Gasteiger partial charge on any atom is -0.392 e. The van der Waals surface area contributed by atoms with Gasteiger partial charge in [0.2, 0.25) is 0 Å². The smallest absolute Gasteiger partial charge is 0.0702 e. The van der Waals surface area contributed by atoms with Crippen LogP contribution in [0.2, 0.25) is 0 Å². The molecule has 0 bridgehead atoms. The summed E-state index contributed by atoms with van der Waals surface area (Å²) in [4.78, 5) is 2.23. The number of nitrogens with zero attached hydrogens (tertiary/aromatic N) is 1. The summed E-state index contributed by atoms with van der Waals surface area (Å²) in [6.45, 7) is 7.76. The molecular formula is C13H18BrNO. The second kappa shape index (κ2) is 6.71. The Kier molecular flexibility index (Phi) is 5.56. The average Bonchev–Trinajstić information content (AvgIpc) is 2.28. The SMILES string of the molecule is C=CCN(CCC)c1ccc(Br)cc1CO. The Balaban J connectivity index is 3.01. The molecule has 0 saturated heterocycles. The normalized spacial score (nSPS) is 10.2. The van der Waals surface area contributed by atoms with Crippen molar-refractivity contribution in [3.05, 3.63) is 40.9 Å². The molecule has 0 aliphatic rings. The predicted molar refractivity (Wildman–Crippen MR) is 72.8 cm³/mol. The van der Waals surface area contributed by atoms with E-state index in [0.717, 1.165) is 35.2 Å². The molecule has 0 saturated carbocycles. The van der Waals surface area contributed by atoms with E-state index >= 15 is 0 Å². The van der Waals surface area contributed by atoms with E-state index in [1.807, 2.05) is 24.3 Å². The van der Waals surface area contributed by atoms with Crippen LogP contribution in [-0.4, -0.2) is 18.2 Å². The Morgan fingerprint density at radius 3 is 2.81 bits per heavy atom. The summed E-state index contributed by atoms with van der Waals surface area (Å²) in [7, 11) is 0. The fourth-order valence-corrected chi connectivity index (χ4v) is 2.13. The first-order valence-electron chi connectivity index (χ1n) is 5.48. The molecule has 0 atom stereocenters. The van der Waals surface area contributed by atoms with Crippen LogP contribution >= 0.6 is 15.9 Å². The van der Waals surface area contributed by atoms with Crippen molar-refractivity contribution in [2.24, 2.45) is 0 Å². The Labute approximate surface area is 106 Å². The minimum atomic E-state index is 0.0616. The molecule has 0 spiro atoms. The summed E-state index contributed by atoms with van der Waals surface area (Å²) in [5, 5.41) is 9.35. The highest BCUT2D eigenvalue weighted by molar-refractivity contribution is 9.10. The Hall–Kier alpha value is -0.800. The second-order valence-corrected chi connectivity index (χ2v) is 4.58. The van der Waals surface area contributed by atoms with Crippen molar-refractivity contribution in [2.75, 3.05) is 18.0 Å². The van der Waals surface area contributed by atoms with Crippen LogP contribution in [0, 0.1) is 0 Å². The van der Waals surface area contributed by atoms with Crippen molar-refractivity contribution < 1.29 is 5.11 Å². The zero-order chi connectivity index (χ0) is 12.0. The van der Waals surface area contributed by atoms with Gasteiger partial charge in [-0.3, -0.25) is 0 Å². The monoisotopic (exact) mass is 283 g/mol. The number of hydrogen-bond donors (Lipinski definition) is 1. The van der Waals surface area contributed by atoms with Crippen molar-refractivity contribution in [3.63, 3.8) is 0 Å². The molecule has 0 amide bonds. The molecule has 0 unspecified atom stereocenters. The number of halogens is 1. The van der Waals surface area contributed by atoms with Crippen molar-refractivity contribution >= 4 is 21.6 Å². The van der Waals surface area contributed by atoms with E-state index in [4.69, 9.17) is 0 Å². The Bertz CT molecular complexity index is 352. The van der Waals surface area contributed by atoms with Crippen LogP contribution in [0.3, 0.4) is 0 Å². The van der Waals surface area contributed by atoms with E-state index < -0.39 is 0 Å². The third kappa shape index (κ3) is 3.35. The molecule has 2 nitrogen and oxygen atoms in total. The van der Waals surface area contributed by atoms with Crippen molar-refractivity contribution in [2.45, 2.75) is 20.0 Å². The van der Waals surface area contributed by atoms with Crippen LogP contribution in [-0.2, 0) is 6.61 Å². The standard InChI is InChI=1S/C13H18BrNO/c1-3-7-15(8-4-2)13-6-5-12(14)9-11(13)10-16/h3,5-6,9,16H,1,4,7-8,10H2,2H3. The van der Waals surface area contributed by atoms with E-state index in [2.05, 4.69) is 34.3 Å². The molecule has 1 aromatic carbocycles. The lowest BCUT2D eigenvalue weighted by Gasteiger charge is -2.25. The summed E-state index contributed by atoms with van der Waals surface area (Å²) in [6.07, 6.45) is 2.97. The summed E-state index contributed by atoms with van der Waals surface area (Å²) in [5.41, 5.74) is 2.04. The highest BCUT2D eigenvalue weighted by Crippen LogP contribution is 2.24. The maximum Gasteiger partial charge on any atom is 0.0702 e. The Morgan fingerprint density at radius 2 is 2.25 bits per heavy atom. The summed E-state index contributed by atoms with van der Waals surface area (Å²) in [5.74, 6) is 0. The number of rotatable bonds is 6. The molecule has 1 N–H and O–H groups in total. The van der Waals surface area contributed by atoms with Crippen LogP contribution < -0.4 is 4.90 Å². The van der Waals surface area contributed by atoms with Crippen molar-refractivity contribution in [1.29, 1.82) is 0 Å². The molecule has 0 aliphatic heterocycles. The lowest BCUT2D eigenvalue weighted by molar-refractivity contribution is 0.282. The third-order valence-corrected chi connectivity index (χ3v) is 2.89. The van der Waals surface area contributed by atoms with Gasteiger partial charge in [-0.15, -0.1) is 6.58 Å². The van der Waals surface area contributed by atoms with Gasteiger partial charge in [0.25, 0.3) is 0 Å². The lowest BCUT2D eigenvalue weighted by atomic mass is 10.1. The number of benzene rings is 1. The van der Waals surface area contributed by atoms with Gasteiger partial charge in [0, 0.05) is 28.8 Å². The van der Waals surface area contributed by atoms with Gasteiger partial charge in [-0.25, -0.2) is 0 Å². The van der Waals surface area contributed by atoms with Crippen LogP contribution in [0.4, 0.5) is 5.69 Å². The molecule has 0 aromatic heterocycles. The molecule has 88 valence electrons. The zero-order valence-electron chi connectivity index (χ0n) is 9.62. The average molecular weight is 284 g/mol. The molecule has 1 rings (SSSR count). The van der Waals surface area contributed by atoms with Gasteiger partial charge in [-0.05, 0) is 24.6 Å². The zero-order valence-corrected chi connectivity index (χ0v) is 11.2. The largest absolute Gasteiger partial charge is 0.392 e. The van der Waals surface area contributed by atoms with Crippen molar-refractivity contribution in [1.82, 2.24) is 0 Å². The first-order valence-corrected chi connectivity index (χ1v) is 6.27. The highest BCUT2D eigenvalue weighted by atomic mass is 79.9. The van der Waals surface area contributed by atoms with E-state index in [9.17, 15) is 5.11 Å². The predicted octanol–water partition coefficient (Wildman–Crippen LogP) is 3.34. The van der Waals surface area contributed by atoms with Crippen LogP contribution in [0.5, 0.6) is 0 Å². The number of anilines is 1. The van der Waals surface area contributed by atoms with Crippen molar-refractivity contribution in [3.8, 4) is 0 Å². The van der Waals surface area contributed by atoms with Gasteiger partial charge in [-0.2, -0.15) is 0 Å². The quantitative estimate of drug-likeness (QED) is 0.810. The maximum absolute atomic E-state index is 9.35. The van der Waals surface area contributed by atoms with Crippen LogP contribution in [0.15, 0.2) is 35.3 Å². The Morgan fingerprint density at radius 1 is 1.50 bits per heavy atom. The van der Waals surface area contributed by atoms with E-state index in [1.165, 1.54) is 0 Å². The second-order valence-electron chi connectivity index (χ2n) is 3.67.